The Balaban J connectivity index is 3.03. The lowest BCUT2D eigenvalue weighted by molar-refractivity contribution is 0.0468. The van der Waals surface area contributed by atoms with Crippen LogP contribution >= 0.6 is 0 Å². The average molecular weight is 545 g/mol. The van der Waals surface area contributed by atoms with E-state index in [1.54, 1.807) is 33.5 Å². The molecule has 0 heterocycles. The first-order chi connectivity index (χ1) is 18.7. The van der Waals surface area contributed by atoms with Crippen molar-refractivity contribution in [2.75, 3.05) is 114 Å². The van der Waals surface area contributed by atoms with Crippen LogP contribution in [0.5, 0.6) is 17.2 Å². The molecule has 14 nitrogen and oxygen atoms in total. The maximum atomic E-state index is 12.8. The number of hydrogen-bond donors (Lipinski definition) is 1. The Morgan fingerprint density at radius 3 is 1.63 bits per heavy atom. The van der Waals surface area contributed by atoms with Gasteiger partial charge in [-0.25, -0.2) is 0 Å². The molecular weight excluding hydrogens is 504 g/mol. The van der Waals surface area contributed by atoms with Crippen molar-refractivity contribution in [3.63, 3.8) is 0 Å². The first-order valence-electron chi connectivity index (χ1n) is 12.2. The number of amides is 1. The van der Waals surface area contributed by atoms with E-state index in [2.05, 4.69) is 15.3 Å². The van der Waals surface area contributed by atoms with Crippen molar-refractivity contribution in [3.05, 3.63) is 28.1 Å². The summed E-state index contributed by atoms with van der Waals surface area (Å²) in [5.74, 6) is 0.528. The number of hydrogen-bond acceptors (Lipinski definition) is 11. The number of azide groups is 1. The zero-order chi connectivity index (χ0) is 27.7. The first kappa shape index (κ1) is 33.2. The lowest BCUT2D eigenvalue weighted by atomic mass is 10.1. The third kappa shape index (κ3) is 15.4. The molecule has 0 atom stereocenters. The summed E-state index contributed by atoms with van der Waals surface area (Å²) in [6.07, 6.45) is 0. The van der Waals surface area contributed by atoms with Gasteiger partial charge in [-0.2, -0.15) is 0 Å². The highest BCUT2D eigenvalue weighted by atomic mass is 16.6. The Bertz CT molecular complexity index is 771. The van der Waals surface area contributed by atoms with Crippen molar-refractivity contribution >= 4 is 5.91 Å². The van der Waals surface area contributed by atoms with Crippen LogP contribution in [0, 0.1) is 0 Å². The van der Waals surface area contributed by atoms with E-state index < -0.39 is 5.91 Å². The lowest BCUT2D eigenvalue weighted by Gasteiger charge is -2.19. The molecule has 14 heteroatoms. The Hall–Kier alpha value is -2.84. The Kier molecular flexibility index (Phi) is 20.3. The molecule has 0 spiro atoms. The Morgan fingerprint density at radius 2 is 1.18 bits per heavy atom. The monoisotopic (exact) mass is 544 g/mol. The normalized spacial score (nSPS) is 10.6. The minimum Gasteiger partial charge on any atom is -0.487 e. The van der Waals surface area contributed by atoms with E-state index in [1.165, 1.54) is 0 Å². The van der Waals surface area contributed by atoms with Crippen molar-refractivity contribution in [1.29, 1.82) is 0 Å². The van der Waals surface area contributed by atoms with Crippen molar-refractivity contribution in [1.82, 2.24) is 5.32 Å². The number of ether oxygens (including phenoxy) is 9. The summed E-state index contributed by atoms with van der Waals surface area (Å²) in [7, 11) is 4.78. The highest BCUT2D eigenvalue weighted by molar-refractivity contribution is 5.95. The molecule has 216 valence electrons. The van der Waals surface area contributed by atoms with Gasteiger partial charge in [-0.1, -0.05) is 5.11 Å². The van der Waals surface area contributed by atoms with Crippen LogP contribution in [0.3, 0.4) is 0 Å². The number of benzene rings is 1. The molecule has 0 aromatic heterocycles. The molecule has 0 fully saturated rings. The van der Waals surface area contributed by atoms with Gasteiger partial charge in [0.05, 0.1) is 59.5 Å². The van der Waals surface area contributed by atoms with Gasteiger partial charge in [0.1, 0.15) is 19.8 Å². The second-order valence-electron chi connectivity index (χ2n) is 7.37. The molecule has 1 amide bonds. The largest absolute Gasteiger partial charge is 0.487 e. The van der Waals surface area contributed by atoms with Gasteiger partial charge in [0.2, 0.25) is 5.75 Å². The highest BCUT2D eigenvalue weighted by Crippen LogP contribution is 2.39. The highest BCUT2D eigenvalue weighted by Gasteiger charge is 2.19. The van der Waals surface area contributed by atoms with Gasteiger partial charge < -0.3 is 47.9 Å². The summed E-state index contributed by atoms with van der Waals surface area (Å²) in [6.45, 7) is 4.50. The molecule has 0 unspecified atom stereocenters. The first-order valence-corrected chi connectivity index (χ1v) is 12.2. The second-order valence-corrected chi connectivity index (χ2v) is 7.37. The summed E-state index contributed by atoms with van der Waals surface area (Å²) in [5, 5.41) is 6.12. The smallest absolute Gasteiger partial charge is 0.251 e. The van der Waals surface area contributed by atoms with E-state index in [0.29, 0.717) is 76.7 Å². The van der Waals surface area contributed by atoms with E-state index in [-0.39, 0.29) is 38.5 Å². The Labute approximate surface area is 223 Å². The molecule has 0 saturated carbocycles. The molecular formula is C24H40N4O10. The summed E-state index contributed by atoms with van der Waals surface area (Å²) < 4.78 is 49.1. The number of nitrogens with one attached hydrogen (secondary N) is 1. The van der Waals surface area contributed by atoms with Crippen molar-refractivity contribution in [2.24, 2.45) is 5.11 Å². The lowest BCUT2D eigenvalue weighted by Crippen LogP contribution is -2.26. The number of rotatable bonds is 25. The number of carbonyl (C=O) groups is 1. The van der Waals surface area contributed by atoms with E-state index in [0.717, 1.165) is 0 Å². The predicted molar refractivity (Wildman–Crippen MR) is 137 cm³/mol. The van der Waals surface area contributed by atoms with Crippen molar-refractivity contribution in [3.8, 4) is 17.2 Å². The molecule has 0 aliphatic rings. The predicted octanol–water partition coefficient (Wildman–Crippen LogP) is 1.85. The molecule has 1 rings (SSSR count). The van der Waals surface area contributed by atoms with Crippen LogP contribution in [0.2, 0.25) is 0 Å². The fourth-order valence-corrected chi connectivity index (χ4v) is 2.79. The molecule has 0 aliphatic heterocycles. The summed E-state index contributed by atoms with van der Waals surface area (Å²) in [5.41, 5.74) is 8.71. The van der Waals surface area contributed by atoms with Gasteiger partial charge in [0.25, 0.3) is 5.91 Å². The maximum Gasteiger partial charge on any atom is 0.251 e. The van der Waals surface area contributed by atoms with Gasteiger partial charge in [-0.05, 0) is 17.7 Å². The topological polar surface area (TPSA) is 161 Å². The fraction of sp³-hybridized carbons (Fsp3) is 0.708. The van der Waals surface area contributed by atoms with Gasteiger partial charge in [0, 0.05) is 44.9 Å². The molecule has 1 N–H and O–H groups in total. The van der Waals surface area contributed by atoms with Crippen molar-refractivity contribution < 1.29 is 47.4 Å². The summed E-state index contributed by atoms with van der Waals surface area (Å²) in [6, 6.07) is 3.11. The molecule has 0 radical (unpaired) electrons. The van der Waals surface area contributed by atoms with Crippen LogP contribution in [0.1, 0.15) is 10.4 Å². The fourth-order valence-electron chi connectivity index (χ4n) is 2.79. The van der Waals surface area contributed by atoms with Gasteiger partial charge in [-0.3, -0.25) is 4.79 Å². The number of methoxy groups -OCH3 is 3. The average Bonchev–Trinajstić information content (AvgIpc) is 2.93. The molecule has 0 saturated heterocycles. The standard InChI is InChI=1S/C24H40N4O10/c1-30-6-9-33-12-15-36-21-18-20(24(29)26-4-5-27-28-25)19-22(37-16-13-34-10-7-31-2)23(21)38-17-14-35-11-8-32-3/h18-19H,4-17H2,1-3H3,(H,26,29). The third-order valence-corrected chi connectivity index (χ3v) is 4.58. The van der Waals surface area contributed by atoms with E-state index in [9.17, 15) is 4.79 Å². The minimum atomic E-state index is -0.394. The van der Waals surface area contributed by atoms with E-state index in [4.69, 9.17) is 48.2 Å². The summed E-state index contributed by atoms with van der Waals surface area (Å²) >= 11 is 0. The van der Waals surface area contributed by atoms with Gasteiger partial charge in [-0.15, -0.1) is 0 Å². The zero-order valence-electron chi connectivity index (χ0n) is 22.5. The van der Waals surface area contributed by atoms with Crippen molar-refractivity contribution in [2.45, 2.75) is 0 Å². The molecule has 1 aromatic carbocycles. The number of nitrogens with zero attached hydrogens (tertiary/aromatic N) is 3. The minimum absolute atomic E-state index is 0.122. The van der Waals surface area contributed by atoms with Crippen LogP contribution in [0.25, 0.3) is 10.4 Å². The van der Waals surface area contributed by atoms with Crippen LogP contribution < -0.4 is 19.5 Å². The zero-order valence-corrected chi connectivity index (χ0v) is 22.5. The van der Waals surface area contributed by atoms with Crippen LogP contribution in [-0.2, 0) is 28.4 Å². The van der Waals surface area contributed by atoms with Crippen LogP contribution in [0.4, 0.5) is 0 Å². The molecule has 38 heavy (non-hydrogen) atoms. The quantitative estimate of drug-likeness (QED) is 0.0832. The van der Waals surface area contributed by atoms with E-state index in [1.807, 2.05) is 0 Å². The maximum absolute atomic E-state index is 12.8. The van der Waals surface area contributed by atoms with Gasteiger partial charge in [0.15, 0.2) is 11.5 Å². The number of carbonyl (C=O) groups excluding carboxylic acids is 1. The van der Waals surface area contributed by atoms with Crippen LogP contribution in [0.15, 0.2) is 17.2 Å². The third-order valence-electron chi connectivity index (χ3n) is 4.58. The molecule has 0 aliphatic carbocycles. The molecule has 1 aromatic rings. The van der Waals surface area contributed by atoms with Gasteiger partial charge >= 0.3 is 0 Å². The second kappa shape index (κ2) is 23.3. The Morgan fingerprint density at radius 1 is 0.737 bits per heavy atom. The van der Waals surface area contributed by atoms with E-state index >= 15 is 0 Å². The SMILES string of the molecule is COCCOCCOc1cc(C(=O)NCCN=[N+]=[N-])cc(OCCOCCOC)c1OCCOCCOC. The molecule has 0 bridgehead atoms. The van der Waals surface area contributed by atoms with Crippen LogP contribution in [-0.4, -0.2) is 120 Å². The summed E-state index contributed by atoms with van der Waals surface area (Å²) in [4.78, 5) is 15.5.